The molecule has 18 heavy (non-hydrogen) atoms. The largest absolute Gasteiger partial charge is 0.370 e. The first-order valence-electron chi connectivity index (χ1n) is 6.41. The molecule has 0 radical (unpaired) electrons. The number of nitrogens with one attached hydrogen (secondary N) is 1. The first kappa shape index (κ1) is 13.0. The Labute approximate surface area is 112 Å². The summed E-state index contributed by atoms with van der Waals surface area (Å²) in [6, 6.07) is 4.10. The lowest BCUT2D eigenvalue weighted by Gasteiger charge is -2.12. The summed E-state index contributed by atoms with van der Waals surface area (Å²) in [5, 5.41) is 5.47. The Hall–Kier alpha value is -1.42. The number of hydrogen-bond donors (Lipinski definition) is 1. The zero-order valence-corrected chi connectivity index (χ0v) is 12.0. The SMILES string of the molecule is CCCNc1nc(-c2cccs2)nc(C)c1CC. The summed E-state index contributed by atoms with van der Waals surface area (Å²) in [4.78, 5) is 10.4. The second-order valence-corrected chi connectivity index (χ2v) is 5.17. The summed E-state index contributed by atoms with van der Waals surface area (Å²) < 4.78 is 0. The molecule has 0 spiro atoms. The van der Waals surface area contributed by atoms with Gasteiger partial charge in [-0.3, -0.25) is 0 Å². The number of anilines is 1. The monoisotopic (exact) mass is 261 g/mol. The molecule has 3 nitrogen and oxygen atoms in total. The minimum atomic E-state index is 0.832. The molecule has 2 heterocycles. The van der Waals surface area contributed by atoms with E-state index in [1.807, 2.05) is 6.07 Å². The molecule has 0 aliphatic carbocycles. The Balaban J connectivity index is 2.42. The maximum absolute atomic E-state index is 4.67. The van der Waals surface area contributed by atoms with Crippen molar-refractivity contribution < 1.29 is 0 Å². The van der Waals surface area contributed by atoms with Gasteiger partial charge < -0.3 is 5.32 Å². The molecule has 0 unspecified atom stereocenters. The molecule has 2 aromatic rings. The van der Waals surface area contributed by atoms with Gasteiger partial charge in [-0.1, -0.05) is 19.9 Å². The van der Waals surface area contributed by atoms with E-state index in [2.05, 4.69) is 47.5 Å². The first-order chi connectivity index (χ1) is 8.76. The summed E-state index contributed by atoms with van der Waals surface area (Å²) in [5.74, 6) is 1.83. The Kier molecular flexibility index (Phi) is 4.31. The normalized spacial score (nSPS) is 10.6. The third kappa shape index (κ3) is 2.70. The van der Waals surface area contributed by atoms with Crippen molar-refractivity contribution in [1.82, 2.24) is 9.97 Å². The van der Waals surface area contributed by atoms with Gasteiger partial charge in [0.1, 0.15) is 5.82 Å². The van der Waals surface area contributed by atoms with Gasteiger partial charge in [0.05, 0.1) is 4.88 Å². The Morgan fingerprint density at radius 1 is 1.28 bits per heavy atom. The minimum absolute atomic E-state index is 0.832. The van der Waals surface area contributed by atoms with Crippen molar-refractivity contribution in [2.24, 2.45) is 0 Å². The fourth-order valence-electron chi connectivity index (χ4n) is 1.92. The highest BCUT2D eigenvalue weighted by Gasteiger charge is 2.11. The van der Waals surface area contributed by atoms with Crippen LogP contribution in [0, 0.1) is 6.92 Å². The zero-order valence-electron chi connectivity index (χ0n) is 11.2. The Morgan fingerprint density at radius 2 is 2.11 bits per heavy atom. The van der Waals surface area contributed by atoms with Crippen LogP contribution in [0.3, 0.4) is 0 Å². The number of aromatic nitrogens is 2. The molecule has 0 fully saturated rings. The zero-order chi connectivity index (χ0) is 13.0. The molecular weight excluding hydrogens is 242 g/mol. The third-order valence-corrected chi connectivity index (χ3v) is 3.72. The molecule has 0 amide bonds. The van der Waals surface area contributed by atoms with Gasteiger partial charge in [-0.05, 0) is 31.2 Å². The van der Waals surface area contributed by atoms with Crippen LogP contribution >= 0.6 is 11.3 Å². The van der Waals surface area contributed by atoms with Gasteiger partial charge >= 0.3 is 0 Å². The maximum atomic E-state index is 4.67. The summed E-state index contributed by atoms with van der Waals surface area (Å²) >= 11 is 1.68. The minimum Gasteiger partial charge on any atom is -0.370 e. The second-order valence-electron chi connectivity index (χ2n) is 4.22. The number of nitrogens with zero attached hydrogens (tertiary/aromatic N) is 2. The fraction of sp³-hybridized carbons (Fsp3) is 0.429. The molecule has 0 atom stereocenters. The average Bonchev–Trinajstić information content (AvgIpc) is 2.89. The smallest absolute Gasteiger partial charge is 0.171 e. The van der Waals surface area contributed by atoms with E-state index in [9.17, 15) is 0 Å². The van der Waals surface area contributed by atoms with Crippen LogP contribution in [0.1, 0.15) is 31.5 Å². The van der Waals surface area contributed by atoms with Crippen LogP contribution in [0.5, 0.6) is 0 Å². The van der Waals surface area contributed by atoms with E-state index in [4.69, 9.17) is 0 Å². The number of thiophene rings is 1. The van der Waals surface area contributed by atoms with Crippen molar-refractivity contribution in [2.75, 3.05) is 11.9 Å². The van der Waals surface area contributed by atoms with Crippen LogP contribution < -0.4 is 5.32 Å². The van der Waals surface area contributed by atoms with Crippen molar-refractivity contribution in [3.05, 3.63) is 28.8 Å². The van der Waals surface area contributed by atoms with Crippen LogP contribution in [0.25, 0.3) is 10.7 Å². The van der Waals surface area contributed by atoms with Gasteiger partial charge in [0.15, 0.2) is 5.82 Å². The van der Waals surface area contributed by atoms with Crippen LogP contribution in [0.2, 0.25) is 0 Å². The molecule has 0 bridgehead atoms. The molecule has 4 heteroatoms. The van der Waals surface area contributed by atoms with Gasteiger partial charge in [0, 0.05) is 17.8 Å². The molecule has 2 aromatic heterocycles. The van der Waals surface area contributed by atoms with Crippen molar-refractivity contribution in [3.63, 3.8) is 0 Å². The van der Waals surface area contributed by atoms with E-state index in [-0.39, 0.29) is 0 Å². The van der Waals surface area contributed by atoms with Crippen molar-refractivity contribution in [1.29, 1.82) is 0 Å². The lowest BCUT2D eigenvalue weighted by molar-refractivity contribution is 0.939. The molecule has 0 saturated carbocycles. The second kappa shape index (κ2) is 5.96. The quantitative estimate of drug-likeness (QED) is 0.887. The van der Waals surface area contributed by atoms with Crippen LogP contribution in [0.15, 0.2) is 17.5 Å². The lowest BCUT2D eigenvalue weighted by atomic mass is 10.1. The van der Waals surface area contributed by atoms with E-state index in [0.29, 0.717) is 0 Å². The summed E-state index contributed by atoms with van der Waals surface area (Å²) in [7, 11) is 0. The first-order valence-corrected chi connectivity index (χ1v) is 7.29. The van der Waals surface area contributed by atoms with E-state index in [1.54, 1.807) is 11.3 Å². The molecule has 2 rings (SSSR count). The molecular formula is C14H19N3S. The van der Waals surface area contributed by atoms with Gasteiger partial charge in [-0.15, -0.1) is 11.3 Å². The van der Waals surface area contributed by atoms with Crippen molar-refractivity contribution in [2.45, 2.75) is 33.6 Å². The van der Waals surface area contributed by atoms with Crippen molar-refractivity contribution >= 4 is 17.2 Å². The number of hydrogen-bond acceptors (Lipinski definition) is 4. The molecule has 0 saturated heterocycles. The molecule has 96 valence electrons. The van der Waals surface area contributed by atoms with Gasteiger partial charge in [-0.2, -0.15) is 0 Å². The highest BCUT2D eigenvalue weighted by atomic mass is 32.1. The molecule has 0 aliphatic heterocycles. The third-order valence-electron chi connectivity index (χ3n) is 2.85. The molecule has 1 N–H and O–H groups in total. The van der Waals surface area contributed by atoms with Crippen LogP contribution in [-0.4, -0.2) is 16.5 Å². The predicted octanol–water partition coefficient (Wildman–Crippen LogP) is 3.90. The van der Waals surface area contributed by atoms with Gasteiger partial charge in [0.2, 0.25) is 0 Å². The van der Waals surface area contributed by atoms with Crippen LogP contribution in [-0.2, 0) is 6.42 Å². The van der Waals surface area contributed by atoms with Gasteiger partial charge in [-0.25, -0.2) is 9.97 Å². The number of rotatable bonds is 5. The summed E-state index contributed by atoms with van der Waals surface area (Å²) in [6.45, 7) is 7.32. The Bertz CT molecular complexity index is 506. The Morgan fingerprint density at radius 3 is 2.72 bits per heavy atom. The van der Waals surface area contributed by atoms with Crippen LogP contribution in [0.4, 0.5) is 5.82 Å². The summed E-state index contributed by atoms with van der Waals surface area (Å²) in [6.07, 6.45) is 2.06. The highest BCUT2D eigenvalue weighted by Crippen LogP contribution is 2.25. The molecule has 0 aromatic carbocycles. The summed E-state index contributed by atoms with van der Waals surface area (Å²) in [5.41, 5.74) is 2.30. The van der Waals surface area contributed by atoms with E-state index in [0.717, 1.165) is 41.6 Å². The van der Waals surface area contributed by atoms with Crippen molar-refractivity contribution in [3.8, 4) is 10.7 Å². The maximum Gasteiger partial charge on any atom is 0.171 e. The predicted molar refractivity (Wildman–Crippen MR) is 78.2 cm³/mol. The standard InChI is InChI=1S/C14H19N3S/c1-4-8-15-13-11(5-2)10(3)16-14(17-13)12-7-6-9-18-12/h6-7,9H,4-5,8H2,1-3H3,(H,15,16,17). The highest BCUT2D eigenvalue weighted by molar-refractivity contribution is 7.13. The number of aryl methyl sites for hydroxylation is 1. The van der Waals surface area contributed by atoms with E-state index >= 15 is 0 Å². The van der Waals surface area contributed by atoms with E-state index in [1.165, 1.54) is 5.56 Å². The molecule has 0 aliphatic rings. The topological polar surface area (TPSA) is 37.8 Å². The van der Waals surface area contributed by atoms with E-state index < -0.39 is 0 Å². The van der Waals surface area contributed by atoms with Gasteiger partial charge in [0.25, 0.3) is 0 Å². The fourth-order valence-corrected chi connectivity index (χ4v) is 2.58. The average molecular weight is 261 g/mol. The lowest BCUT2D eigenvalue weighted by Crippen LogP contribution is -2.08.